The zero-order valence-electron chi connectivity index (χ0n) is 19.9. The summed E-state index contributed by atoms with van der Waals surface area (Å²) >= 11 is 10.0. The summed E-state index contributed by atoms with van der Waals surface area (Å²) in [7, 11) is 0. The number of carboxylic acid groups (broad SMARTS) is 1. The van der Waals surface area contributed by atoms with Gasteiger partial charge in [-0.1, -0.05) is 30.3 Å². The van der Waals surface area contributed by atoms with E-state index in [0.717, 1.165) is 5.56 Å². The fourth-order valence-electron chi connectivity index (χ4n) is 3.54. The van der Waals surface area contributed by atoms with Crippen LogP contribution in [-0.4, -0.2) is 82.5 Å². The molecule has 0 radical (unpaired) electrons. The van der Waals surface area contributed by atoms with Crippen LogP contribution in [0.2, 0.25) is 0 Å². The monoisotopic (exact) mass is 544 g/mol. The smallest absolute Gasteiger partial charge is 0.326 e. The highest BCUT2D eigenvalue weighted by atomic mass is 35.5. The highest BCUT2D eigenvalue weighted by molar-refractivity contribution is 6.35. The molecule has 11 nitrogen and oxygen atoms in total. The van der Waals surface area contributed by atoms with Crippen LogP contribution in [0.15, 0.2) is 35.3 Å². The lowest BCUT2D eigenvalue weighted by molar-refractivity contribution is -0.144. The van der Waals surface area contributed by atoms with E-state index < -0.39 is 30.0 Å². The number of ketones is 1. The molecule has 1 aliphatic rings. The van der Waals surface area contributed by atoms with Gasteiger partial charge < -0.3 is 32.5 Å². The Hall–Kier alpha value is -2.89. The number of carboxylic acids is 1. The van der Waals surface area contributed by atoms with Crippen LogP contribution in [0, 0.1) is 0 Å². The Balaban J connectivity index is 0.000000960. The molecule has 200 valence electrons. The van der Waals surface area contributed by atoms with Crippen LogP contribution in [-0.2, 0) is 25.6 Å². The number of alkyl halides is 2. The standard InChI is InChI=1S/C20H30N6O4.C3H4Cl2O/c21-14(12-13-6-2-1-3-7-13)18(28)26-11-5-9-16(26)17(27)25-15(19(29)30)8-4-10-24-20(22)23;4-1-3(6)2-5/h1-3,6-7,14-16H,4-5,8-12,21H2,(H,25,27)(H,29,30)(H4,22,23,24);1-2H2/t14?,15-,16-;/m0./s1. The molecule has 1 aliphatic heterocycles. The number of carbonyl (C=O) groups excluding carboxylic acids is 3. The van der Waals surface area contributed by atoms with Gasteiger partial charge in [-0.25, -0.2) is 4.79 Å². The molecule has 0 aromatic heterocycles. The number of likely N-dealkylation sites (tertiary alicyclic amines) is 1. The molecule has 0 bridgehead atoms. The summed E-state index contributed by atoms with van der Waals surface area (Å²) < 4.78 is 0. The number of nitrogens with two attached hydrogens (primary N) is 3. The topological polar surface area (TPSA) is 194 Å². The molecule has 2 amide bonds. The van der Waals surface area contributed by atoms with E-state index in [4.69, 9.17) is 40.4 Å². The quantitative estimate of drug-likeness (QED) is 0.106. The summed E-state index contributed by atoms with van der Waals surface area (Å²) in [5.41, 5.74) is 17.5. The van der Waals surface area contributed by atoms with Crippen molar-refractivity contribution in [3.8, 4) is 0 Å². The molecular weight excluding hydrogens is 511 g/mol. The molecule has 1 fully saturated rings. The summed E-state index contributed by atoms with van der Waals surface area (Å²) in [5.74, 6) is -2.08. The molecule has 1 aromatic carbocycles. The maximum Gasteiger partial charge on any atom is 0.326 e. The zero-order valence-corrected chi connectivity index (χ0v) is 21.5. The van der Waals surface area contributed by atoms with Gasteiger partial charge in [-0.15, -0.1) is 23.2 Å². The summed E-state index contributed by atoms with van der Waals surface area (Å²) in [6, 6.07) is 6.84. The molecule has 36 heavy (non-hydrogen) atoms. The van der Waals surface area contributed by atoms with Crippen molar-refractivity contribution in [2.45, 2.75) is 50.2 Å². The van der Waals surface area contributed by atoms with Gasteiger partial charge in [0.05, 0.1) is 17.8 Å². The average molecular weight is 545 g/mol. The number of rotatable bonds is 12. The molecule has 0 spiro atoms. The minimum atomic E-state index is -1.15. The van der Waals surface area contributed by atoms with Crippen molar-refractivity contribution < 1.29 is 24.3 Å². The first kappa shape index (κ1) is 31.1. The largest absolute Gasteiger partial charge is 0.480 e. The molecule has 0 saturated carbocycles. The van der Waals surface area contributed by atoms with Crippen LogP contribution in [0.25, 0.3) is 0 Å². The number of nitrogens with zero attached hydrogens (tertiary/aromatic N) is 2. The average Bonchev–Trinajstić information content (AvgIpc) is 3.35. The van der Waals surface area contributed by atoms with Crippen molar-refractivity contribution in [3.05, 3.63) is 35.9 Å². The molecule has 0 aliphatic carbocycles. The SMILES string of the molecule is NC(N)=NCCC[C@H](NC(=O)[C@@H]1CCCN1C(=O)C(N)Cc1ccccc1)C(=O)O.O=C(CCl)CCl. The number of benzene rings is 1. The number of guanidine groups is 1. The van der Waals surface area contributed by atoms with Gasteiger partial charge in [-0.3, -0.25) is 19.4 Å². The Morgan fingerprint density at radius 1 is 1.14 bits per heavy atom. The van der Waals surface area contributed by atoms with Crippen LogP contribution >= 0.6 is 23.2 Å². The summed E-state index contributed by atoms with van der Waals surface area (Å²) in [5, 5.41) is 11.9. The lowest BCUT2D eigenvalue weighted by atomic mass is 10.0. The number of hydrogen-bond donors (Lipinski definition) is 5. The first-order valence-electron chi connectivity index (χ1n) is 11.4. The molecule has 1 unspecified atom stereocenters. The minimum absolute atomic E-state index is 0.0312. The van der Waals surface area contributed by atoms with Gasteiger partial charge in [0.2, 0.25) is 11.8 Å². The van der Waals surface area contributed by atoms with Gasteiger partial charge in [0.25, 0.3) is 0 Å². The van der Waals surface area contributed by atoms with Gasteiger partial charge in [-0.2, -0.15) is 0 Å². The molecule has 8 N–H and O–H groups in total. The number of amides is 2. The van der Waals surface area contributed by atoms with Crippen LogP contribution in [0.3, 0.4) is 0 Å². The van der Waals surface area contributed by atoms with Gasteiger partial charge in [0.1, 0.15) is 12.1 Å². The maximum atomic E-state index is 12.8. The van der Waals surface area contributed by atoms with E-state index in [2.05, 4.69) is 10.3 Å². The molecule has 13 heteroatoms. The second kappa shape index (κ2) is 16.7. The highest BCUT2D eigenvalue weighted by Crippen LogP contribution is 2.19. The Morgan fingerprint density at radius 2 is 1.78 bits per heavy atom. The van der Waals surface area contributed by atoms with Crippen molar-refractivity contribution in [1.29, 1.82) is 0 Å². The predicted molar refractivity (Wildman–Crippen MR) is 139 cm³/mol. The Kier molecular flexibility index (Phi) is 14.5. The van der Waals surface area contributed by atoms with Crippen molar-refractivity contribution in [2.24, 2.45) is 22.2 Å². The van der Waals surface area contributed by atoms with E-state index >= 15 is 0 Å². The Labute approximate surface area is 220 Å². The third-order valence-electron chi connectivity index (χ3n) is 5.31. The van der Waals surface area contributed by atoms with Crippen LogP contribution in [0.5, 0.6) is 0 Å². The highest BCUT2D eigenvalue weighted by Gasteiger charge is 2.37. The van der Waals surface area contributed by atoms with E-state index in [9.17, 15) is 24.3 Å². The molecule has 1 saturated heterocycles. The van der Waals surface area contributed by atoms with Gasteiger partial charge in [-0.05, 0) is 37.7 Å². The maximum absolute atomic E-state index is 12.8. The number of aliphatic carboxylic acids is 1. The fraction of sp³-hybridized carbons (Fsp3) is 0.522. The Bertz CT molecular complexity index is 892. The van der Waals surface area contributed by atoms with Gasteiger partial charge in [0.15, 0.2) is 11.7 Å². The van der Waals surface area contributed by atoms with Crippen molar-refractivity contribution >= 4 is 52.7 Å². The lowest BCUT2D eigenvalue weighted by Gasteiger charge is -2.27. The van der Waals surface area contributed by atoms with E-state index in [1.54, 1.807) is 0 Å². The number of nitrogens with one attached hydrogen (secondary N) is 1. The van der Waals surface area contributed by atoms with E-state index in [1.165, 1.54) is 4.90 Å². The Morgan fingerprint density at radius 3 is 2.31 bits per heavy atom. The first-order valence-corrected chi connectivity index (χ1v) is 12.5. The minimum Gasteiger partial charge on any atom is -0.480 e. The normalized spacial score (nSPS) is 16.2. The number of aliphatic imine (C=N–C) groups is 1. The number of Topliss-reactive ketones (excluding diaryl/α,β-unsaturated/α-hetero) is 1. The van der Waals surface area contributed by atoms with Gasteiger partial charge >= 0.3 is 5.97 Å². The molecule has 2 rings (SSSR count). The van der Waals surface area contributed by atoms with Crippen molar-refractivity contribution in [3.63, 3.8) is 0 Å². The van der Waals surface area contributed by atoms with Crippen LogP contribution < -0.4 is 22.5 Å². The van der Waals surface area contributed by atoms with E-state index in [1.807, 2.05) is 30.3 Å². The summed E-state index contributed by atoms with van der Waals surface area (Å²) in [6.07, 6.45) is 2.06. The zero-order chi connectivity index (χ0) is 27.1. The summed E-state index contributed by atoms with van der Waals surface area (Å²) in [4.78, 5) is 52.2. The number of halogens is 2. The second-order valence-electron chi connectivity index (χ2n) is 8.14. The van der Waals surface area contributed by atoms with Crippen LogP contribution in [0.4, 0.5) is 0 Å². The molecular formula is C23H34Cl2N6O5. The van der Waals surface area contributed by atoms with E-state index in [0.29, 0.717) is 32.2 Å². The number of carbonyl (C=O) groups is 4. The molecule has 1 heterocycles. The van der Waals surface area contributed by atoms with Gasteiger partial charge in [0, 0.05) is 13.1 Å². The third-order valence-corrected chi connectivity index (χ3v) is 5.91. The molecule has 1 aromatic rings. The third kappa shape index (κ3) is 11.2. The van der Waals surface area contributed by atoms with Crippen molar-refractivity contribution in [2.75, 3.05) is 24.8 Å². The predicted octanol–water partition coefficient (Wildman–Crippen LogP) is 0.204. The van der Waals surface area contributed by atoms with Crippen molar-refractivity contribution in [1.82, 2.24) is 10.2 Å². The lowest BCUT2D eigenvalue weighted by Crippen LogP contribution is -2.54. The number of hydrogen-bond acceptors (Lipinski definition) is 6. The fourth-order valence-corrected chi connectivity index (χ4v) is 3.82. The molecule has 3 atom stereocenters. The van der Waals surface area contributed by atoms with E-state index in [-0.39, 0.29) is 42.4 Å². The first-order chi connectivity index (χ1) is 17.1. The second-order valence-corrected chi connectivity index (χ2v) is 8.67. The summed E-state index contributed by atoms with van der Waals surface area (Å²) in [6.45, 7) is 0.687. The van der Waals surface area contributed by atoms with Crippen LogP contribution in [0.1, 0.15) is 31.2 Å².